The Bertz CT molecular complexity index is 363. The molecule has 0 bridgehead atoms. The van der Waals surface area contributed by atoms with Crippen molar-refractivity contribution in [3.8, 4) is 0 Å². The van der Waals surface area contributed by atoms with E-state index < -0.39 is 0 Å². The van der Waals surface area contributed by atoms with E-state index in [0.717, 1.165) is 23.5 Å². The number of hydrogen-bond acceptors (Lipinski definition) is 2. The number of nitrogens with one attached hydrogen (secondary N) is 1. The summed E-state index contributed by atoms with van der Waals surface area (Å²) in [6.07, 6.45) is 4.05. The van der Waals surface area contributed by atoms with Crippen molar-refractivity contribution in [1.82, 2.24) is 5.32 Å². The molecule has 1 aliphatic rings. The van der Waals surface area contributed by atoms with Gasteiger partial charge in [-0.1, -0.05) is 40.9 Å². The normalized spacial score (nSPS) is 15.2. The maximum atomic E-state index is 5.71. The summed E-state index contributed by atoms with van der Waals surface area (Å²) in [5, 5.41) is 3.15. The molecule has 0 heterocycles. The van der Waals surface area contributed by atoms with Crippen molar-refractivity contribution in [2.45, 2.75) is 32.4 Å². The highest BCUT2D eigenvalue weighted by Crippen LogP contribution is 2.32. The molecule has 1 saturated carbocycles. The molecule has 0 saturated heterocycles. The molecule has 2 rings (SSSR count). The highest BCUT2D eigenvalue weighted by Gasteiger charge is 2.20. The fourth-order valence-corrected chi connectivity index (χ4v) is 2.40. The van der Waals surface area contributed by atoms with Crippen LogP contribution in [0, 0.1) is 5.92 Å². The molecule has 1 aromatic carbocycles. The van der Waals surface area contributed by atoms with E-state index in [2.05, 4.69) is 39.4 Å². The lowest BCUT2D eigenvalue weighted by molar-refractivity contribution is 0.114. The number of ether oxygens (including phenoxy) is 1. The van der Waals surface area contributed by atoms with Crippen molar-refractivity contribution in [2.24, 2.45) is 5.92 Å². The van der Waals surface area contributed by atoms with Gasteiger partial charge in [-0.15, -0.1) is 0 Å². The van der Waals surface area contributed by atoms with Crippen molar-refractivity contribution in [1.29, 1.82) is 0 Å². The van der Waals surface area contributed by atoms with E-state index in [9.17, 15) is 0 Å². The third kappa shape index (κ3) is 4.41. The van der Waals surface area contributed by atoms with Gasteiger partial charge < -0.3 is 10.1 Å². The predicted molar refractivity (Wildman–Crippen MR) is 73.9 cm³/mol. The first-order chi connectivity index (χ1) is 8.29. The van der Waals surface area contributed by atoms with Crippen LogP contribution in [0.4, 0.5) is 0 Å². The van der Waals surface area contributed by atoms with Crippen LogP contribution in [0.1, 0.15) is 30.4 Å². The number of rotatable bonds is 7. The molecule has 94 valence electrons. The lowest BCUT2D eigenvalue weighted by Crippen LogP contribution is -2.05. The first-order valence-electron chi connectivity index (χ1n) is 6.29. The fraction of sp³-hybridized carbons (Fsp3) is 0.571. The molecular formula is C14H20BrNO. The van der Waals surface area contributed by atoms with Gasteiger partial charge in [0.2, 0.25) is 0 Å². The van der Waals surface area contributed by atoms with Gasteiger partial charge in [0.25, 0.3) is 0 Å². The Balaban J connectivity index is 1.78. The van der Waals surface area contributed by atoms with Crippen LogP contribution in [0.15, 0.2) is 22.7 Å². The Morgan fingerprint density at radius 3 is 2.88 bits per heavy atom. The quantitative estimate of drug-likeness (QED) is 0.778. The molecule has 3 heteroatoms. The molecule has 0 radical (unpaired) electrons. The van der Waals surface area contributed by atoms with E-state index in [4.69, 9.17) is 4.74 Å². The first kappa shape index (κ1) is 13.1. The molecule has 1 aliphatic carbocycles. The summed E-state index contributed by atoms with van der Waals surface area (Å²) in [5.41, 5.74) is 2.53. The van der Waals surface area contributed by atoms with E-state index >= 15 is 0 Å². The van der Waals surface area contributed by atoms with Crippen molar-refractivity contribution >= 4 is 15.9 Å². The molecule has 2 nitrogen and oxygen atoms in total. The molecule has 0 amide bonds. The van der Waals surface area contributed by atoms with Crippen LogP contribution in [0.3, 0.4) is 0 Å². The molecule has 0 aromatic heterocycles. The second-order valence-corrected chi connectivity index (χ2v) is 5.60. The predicted octanol–water partition coefficient (Wildman–Crippen LogP) is 3.49. The summed E-state index contributed by atoms with van der Waals surface area (Å²) < 4.78 is 6.86. The lowest BCUT2D eigenvalue weighted by atomic mass is 10.1. The Morgan fingerprint density at radius 1 is 1.41 bits per heavy atom. The van der Waals surface area contributed by atoms with E-state index in [0.29, 0.717) is 6.61 Å². The minimum atomic E-state index is 0.715. The van der Waals surface area contributed by atoms with Crippen LogP contribution in [-0.4, -0.2) is 13.7 Å². The summed E-state index contributed by atoms with van der Waals surface area (Å²) in [6.45, 7) is 2.52. The zero-order valence-electron chi connectivity index (χ0n) is 10.3. The van der Waals surface area contributed by atoms with E-state index in [-0.39, 0.29) is 0 Å². The molecule has 1 N–H and O–H groups in total. The zero-order chi connectivity index (χ0) is 12.1. The third-order valence-corrected chi connectivity index (χ3v) is 3.86. The maximum Gasteiger partial charge on any atom is 0.0727 e. The van der Waals surface area contributed by atoms with Crippen molar-refractivity contribution < 1.29 is 4.74 Å². The summed E-state index contributed by atoms with van der Waals surface area (Å²) >= 11 is 3.60. The number of hydrogen-bond donors (Lipinski definition) is 1. The van der Waals surface area contributed by atoms with E-state index in [1.807, 2.05) is 7.05 Å². The average Bonchev–Trinajstić information content (AvgIpc) is 3.11. The van der Waals surface area contributed by atoms with Gasteiger partial charge in [0.1, 0.15) is 0 Å². The third-order valence-electron chi connectivity index (χ3n) is 3.12. The summed E-state index contributed by atoms with van der Waals surface area (Å²) in [4.78, 5) is 0. The van der Waals surface area contributed by atoms with Gasteiger partial charge >= 0.3 is 0 Å². The molecule has 1 aromatic rings. The second kappa shape index (κ2) is 6.53. The Kier molecular flexibility index (Phi) is 5.01. The second-order valence-electron chi connectivity index (χ2n) is 4.74. The maximum absolute atomic E-state index is 5.71. The minimum Gasteiger partial charge on any atom is -0.377 e. The highest BCUT2D eigenvalue weighted by atomic mass is 79.9. The zero-order valence-corrected chi connectivity index (χ0v) is 11.9. The average molecular weight is 298 g/mol. The molecule has 17 heavy (non-hydrogen) atoms. The van der Waals surface area contributed by atoms with Crippen LogP contribution in [0.2, 0.25) is 0 Å². The van der Waals surface area contributed by atoms with Gasteiger partial charge in [-0.25, -0.2) is 0 Å². The van der Waals surface area contributed by atoms with Gasteiger partial charge in [-0.2, -0.15) is 0 Å². The van der Waals surface area contributed by atoms with E-state index in [1.54, 1.807) is 0 Å². The van der Waals surface area contributed by atoms with Gasteiger partial charge in [0, 0.05) is 17.6 Å². The SMILES string of the molecule is CNCc1ccc(COCCC2CC2)c(Br)c1. The monoisotopic (exact) mass is 297 g/mol. The smallest absolute Gasteiger partial charge is 0.0727 e. The first-order valence-corrected chi connectivity index (χ1v) is 7.08. The molecular weight excluding hydrogens is 278 g/mol. The van der Waals surface area contributed by atoms with Crippen molar-refractivity contribution in [3.05, 3.63) is 33.8 Å². The molecule has 0 atom stereocenters. The Morgan fingerprint density at radius 2 is 2.24 bits per heavy atom. The van der Waals surface area contributed by atoms with Crippen molar-refractivity contribution in [2.75, 3.05) is 13.7 Å². The topological polar surface area (TPSA) is 21.3 Å². The number of benzene rings is 1. The van der Waals surface area contributed by atoms with Gasteiger partial charge in [-0.3, -0.25) is 0 Å². The van der Waals surface area contributed by atoms with Crippen LogP contribution in [0.5, 0.6) is 0 Å². The fourth-order valence-electron chi connectivity index (χ4n) is 1.86. The van der Waals surface area contributed by atoms with Crippen LogP contribution in [-0.2, 0) is 17.9 Å². The van der Waals surface area contributed by atoms with Gasteiger partial charge in [0.15, 0.2) is 0 Å². The summed E-state index contributed by atoms with van der Waals surface area (Å²) in [5.74, 6) is 0.955. The van der Waals surface area contributed by atoms with Gasteiger partial charge in [0.05, 0.1) is 6.61 Å². The number of halogens is 1. The molecule has 1 fully saturated rings. The van der Waals surface area contributed by atoms with Gasteiger partial charge in [-0.05, 0) is 36.6 Å². The lowest BCUT2D eigenvalue weighted by Gasteiger charge is -2.08. The molecule has 0 aliphatic heterocycles. The molecule has 0 spiro atoms. The van der Waals surface area contributed by atoms with Crippen LogP contribution < -0.4 is 5.32 Å². The van der Waals surface area contributed by atoms with Crippen molar-refractivity contribution in [3.63, 3.8) is 0 Å². The standard InChI is InChI=1S/C14H20BrNO/c1-16-9-12-4-5-13(14(15)8-12)10-17-7-6-11-2-3-11/h4-5,8,11,16H,2-3,6-7,9-10H2,1H3. The largest absolute Gasteiger partial charge is 0.377 e. The van der Waals surface area contributed by atoms with E-state index in [1.165, 1.54) is 30.4 Å². The molecule has 0 unspecified atom stereocenters. The van der Waals surface area contributed by atoms with Crippen LogP contribution in [0.25, 0.3) is 0 Å². The summed E-state index contributed by atoms with van der Waals surface area (Å²) in [6, 6.07) is 6.46. The minimum absolute atomic E-state index is 0.715. The highest BCUT2D eigenvalue weighted by molar-refractivity contribution is 9.10. The summed E-state index contributed by atoms with van der Waals surface area (Å²) in [7, 11) is 1.96. The Labute approximate surface area is 112 Å². The Hall–Kier alpha value is -0.380. The van der Waals surface area contributed by atoms with Crippen LogP contribution >= 0.6 is 15.9 Å².